The lowest BCUT2D eigenvalue weighted by Gasteiger charge is -2.30. The van der Waals surface area contributed by atoms with Crippen LogP contribution in [0.3, 0.4) is 0 Å². The molecule has 4 rings (SSSR count). The van der Waals surface area contributed by atoms with Crippen LogP contribution >= 0.6 is 11.8 Å². The van der Waals surface area contributed by atoms with Crippen LogP contribution < -0.4 is 10.6 Å². The van der Waals surface area contributed by atoms with Crippen molar-refractivity contribution in [1.29, 1.82) is 0 Å². The minimum absolute atomic E-state index is 0.0192. The summed E-state index contributed by atoms with van der Waals surface area (Å²) in [6.07, 6.45) is 0. The molecule has 7 nitrogen and oxygen atoms in total. The molecule has 0 radical (unpaired) electrons. The molecule has 8 heteroatoms. The predicted molar refractivity (Wildman–Crippen MR) is 91.9 cm³/mol. The van der Waals surface area contributed by atoms with Gasteiger partial charge in [0, 0.05) is 30.1 Å². The summed E-state index contributed by atoms with van der Waals surface area (Å²) in [5.41, 5.74) is 1.62. The van der Waals surface area contributed by atoms with Crippen molar-refractivity contribution in [3.63, 3.8) is 0 Å². The van der Waals surface area contributed by atoms with Gasteiger partial charge in [0.05, 0.1) is 17.0 Å². The highest BCUT2D eigenvalue weighted by Crippen LogP contribution is 2.37. The molecule has 0 bridgehead atoms. The Morgan fingerprint density at radius 2 is 2.29 bits per heavy atom. The number of amides is 1. The SMILES string of the molecule is CC1Sc2ccc(-c3nc(C4CNCCN4C)no3)cc2NC1=O. The van der Waals surface area contributed by atoms with Gasteiger partial charge in [-0.1, -0.05) is 5.16 Å². The van der Waals surface area contributed by atoms with Gasteiger partial charge in [-0.05, 0) is 32.2 Å². The minimum Gasteiger partial charge on any atom is -0.334 e. The van der Waals surface area contributed by atoms with Crippen molar-refractivity contribution in [2.24, 2.45) is 0 Å². The number of piperazine rings is 1. The topological polar surface area (TPSA) is 83.3 Å². The molecule has 1 saturated heterocycles. The summed E-state index contributed by atoms with van der Waals surface area (Å²) in [5, 5.41) is 10.3. The van der Waals surface area contributed by atoms with Gasteiger partial charge in [0.15, 0.2) is 5.82 Å². The van der Waals surface area contributed by atoms with E-state index in [9.17, 15) is 4.79 Å². The molecule has 2 N–H and O–H groups in total. The molecular formula is C16H19N5O2S. The molecular weight excluding hydrogens is 326 g/mol. The Labute approximate surface area is 144 Å². The Bertz CT molecular complexity index is 778. The Balaban J connectivity index is 1.61. The number of carbonyl (C=O) groups is 1. The number of rotatable bonds is 2. The number of fused-ring (bicyclic) bond motifs is 1. The number of anilines is 1. The Morgan fingerprint density at radius 3 is 3.12 bits per heavy atom. The van der Waals surface area contributed by atoms with E-state index in [4.69, 9.17) is 4.52 Å². The summed E-state index contributed by atoms with van der Waals surface area (Å²) in [5.74, 6) is 1.18. The first kappa shape index (κ1) is 15.6. The first-order valence-corrected chi connectivity index (χ1v) is 8.86. The molecule has 0 saturated carbocycles. The van der Waals surface area contributed by atoms with Gasteiger partial charge < -0.3 is 15.2 Å². The number of carbonyl (C=O) groups excluding carboxylic acids is 1. The van der Waals surface area contributed by atoms with Crippen LogP contribution in [0.15, 0.2) is 27.6 Å². The second kappa shape index (κ2) is 6.19. The molecule has 2 aromatic rings. The maximum Gasteiger partial charge on any atom is 0.258 e. The lowest BCUT2D eigenvalue weighted by molar-refractivity contribution is -0.115. The second-order valence-corrected chi connectivity index (χ2v) is 7.50. The van der Waals surface area contributed by atoms with Crippen LogP contribution in [0.5, 0.6) is 0 Å². The molecule has 1 aromatic heterocycles. The fourth-order valence-corrected chi connectivity index (χ4v) is 3.85. The molecule has 0 aliphatic carbocycles. The van der Waals surface area contributed by atoms with Gasteiger partial charge in [0.1, 0.15) is 0 Å². The summed E-state index contributed by atoms with van der Waals surface area (Å²) in [6.45, 7) is 4.63. The minimum atomic E-state index is -0.0762. The number of likely N-dealkylation sites (N-methyl/N-ethyl adjacent to an activating group) is 1. The van der Waals surface area contributed by atoms with Crippen molar-refractivity contribution in [2.75, 3.05) is 32.0 Å². The third kappa shape index (κ3) is 2.81. The van der Waals surface area contributed by atoms with Gasteiger partial charge >= 0.3 is 0 Å². The third-order valence-electron chi connectivity index (χ3n) is 4.41. The maximum absolute atomic E-state index is 11.9. The van der Waals surface area contributed by atoms with E-state index in [0.29, 0.717) is 11.7 Å². The molecule has 24 heavy (non-hydrogen) atoms. The Kier molecular flexibility index (Phi) is 4.03. The number of thioether (sulfide) groups is 1. The summed E-state index contributed by atoms with van der Waals surface area (Å²) in [4.78, 5) is 19.7. The normalized spacial score (nSPS) is 24.5. The molecule has 0 spiro atoms. The van der Waals surface area contributed by atoms with E-state index in [0.717, 1.165) is 35.8 Å². The zero-order chi connectivity index (χ0) is 16.7. The molecule has 3 heterocycles. The van der Waals surface area contributed by atoms with Crippen LogP contribution in [0.25, 0.3) is 11.5 Å². The van der Waals surface area contributed by atoms with Gasteiger partial charge in [0.25, 0.3) is 5.89 Å². The number of nitrogens with one attached hydrogen (secondary N) is 2. The zero-order valence-electron chi connectivity index (χ0n) is 13.6. The van der Waals surface area contributed by atoms with E-state index in [1.165, 1.54) is 0 Å². The van der Waals surface area contributed by atoms with Gasteiger partial charge in [-0.3, -0.25) is 9.69 Å². The smallest absolute Gasteiger partial charge is 0.258 e. The lowest BCUT2D eigenvalue weighted by atomic mass is 10.1. The Morgan fingerprint density at radius 1 is 1.42 bits per heavy atom. The molecule has 2 aliphatic heterocycles. The number of nitrogens with zero attached hydrogens (tertiary/aromatic N) is 3. The van der Waals surface area contributed by atoms with E-state index in [2.05, 4.69) is 32.7 Å². The first-order valence-electron chi connectivity index (χ1n) is 7.98. The van der Waals surface area contributed by atoms with Crippen LogP contribution in [0, 0.1) is 0 Å². The number of benzene rings is 1. The second-order valence-electron chi connectivity index (χ2n) is 6.12. The van der Waals surface area contributed by atoms with E-state index in [1.807, 2.05) is 25.1 Å². The van der Waals surface area contributed by atoms with Gasteiger partial charge in [-0.25, -0.2) is 0 Å². The van der Waals surface area contributed by atoms with E-state index >= 15 is 0 Å². The zero-order valence-corrected chi connectivity index (χ0v) is 14.4. The molecule has 2 aliphatic rings. The van der Waals surface area contributed by atoms with Crippen molar-refractivity contribution in [3.05, 3.63) is 24.0 Å². The van der Waals surface area contributed by atoms with Crippen molar-refractivity contribution in [1.82, 2.24) is 20.4 Å². The average Bonchev–Trinajstić information content (AvgIpc) is 3.06. The van der Waals surface area contributed by atoms with E-state index < -0.39 is 0 Å². The van der Waals surface area contributed by atoms with Crippen LogP contribution in [0.2, 0.25) is 0 Å². The van der Waals surface area contributed by atoms with E-state index in [-0.39, 0.29) is 17.2 Å². The summed E-state index contributed by atoms with van der Waals surface area (Å²) < 4.78 is 5.46. The number of hydrogen-bond acceptors (Lipinski definition) is 7. The fourth-order valence-electron chi connectivity index (χ4n) is 2.92. The van der Waals surface area contributed by atoms with Crippen LogP contribution in [-0.4, -0.2) is 52.9 Å². The predicted octanol–water partition coefficient (Wildman–Crippen LogP) is 1.75. The highest BCUT2D eigenvalue weighted by Gasteiger charge is 2.27. The highest BCUT2D eigenvalue weighted by atomic mass is 32.2. The quantitative estimate of drug-likeness (QED) is 0.858. The summed E-state index contributed by atoms with van der Waals surface area (Å²) in [7, 11) is 2.06. The van der Waals surface area contributed by atoms with Gasteiger partial charge in [0.2, 0.25) is 5.91 Å². The van der Waals surface area contributed by atoms with Crippen molar-refractivity contribution >= 4 is 23.4 Å². The maximum atomic E-state index is 11.9. The van der Waals surface area contributed by atoms with Crippen LogP contribution in [0.4, 0.5) is 5.69 Å². The monoisotopic (exact) mass is 345 g/mol. The Hall–Kier alpha value is -1.90. The summed E-state index contributed by atoms with van der Waals surface area (Å²) >= 11 is 1.56. The molecule has 2 atom stereocenters. The van der Waals surface area contributed by atoms with Crippen LogP contribution in [-0.2, 0) is 4.79 Å². The molecule has 1 amide bonds. The number of hydrogen-bond donors (Lipinski definition) is 2. The van der Waals surface area contributed by atoms with Crippen molar-refractivity contribution in [3.8, 4) is 11.5 Å². The standard InChI is InChI=1S/C16H19N5O2S/c1-9-15(22)18-11-7-10(3-4-13(11)24-9)16-19-14(20-23-16)12-8-17-5-6-21(12)2/h3-4,7,9,12,17H,5-6,8H2,1-2H3,(H,18,22). The third-order valence-corrected chi connectivity index (χ3v) is 5.59. The molecule has 1 aromatic carbocycles. The summed E-state index contributed by atoms with van der Waals surface area (Å²) in [6, 6.07) is 5.95. The molecule has 2 unspecified atom stereocenters. The molecule has 1 fully saturated rings. The van der Waals surface area contributed by atoms with Gasteiger partial charge in [-0.2, -0.15) is 4.98 Å². The van der Waals surface area contributed by atoms with Crippen molar-refractivity contribution < 1.29 is 9.32 Å². The fraction of sp³-hybridized carbons (Fsp3) is 0.438. The lowest BCUT2D eigenvalue weighted by Crippen LogP contribution is -2.44. The van der Waals surface area contributed by atoms with Crippen LogP contribution in [0.1, 0.15) is 18.8 Å². The highest BCUT2D eigenvalue weighted by molar-refractivity contribution is 8.00. The molecule has 126 valence electrons. The first-order chi connectivity index (χ1) is 11.6. The average molecular weight is 345 g/mol. The number of aromatic nitrogens is 2. The van der Waals surface area contributed by atoms with E-state index in [1.54, 1.807) is 11.8 Å². The largest absolute Gasteiger partial charge is 0.334 e. The van der Waals surface area contributed by atoms with Gasteiger partial charge in [-0.15, -0.1) is 11.8 Å². The van der Waals surface area contributed by atoms with Crippen molar-refractivity contribution in [2.45, 2.75) is 23.1 Å².